The van der Waals surface area contributed by atoms with Crippen molar-refractivity contribution in [2.45, 2.75) is 32.1 Å². The Hall–Kier alpha value is -0.440. The van der Waals surface area contributed by atoms with E-state index in [0.29, 0.717) is 17.4 Å². The topological polar surface area (TPSA) is 254 Å². The Morgan fingerprint density at radius 2 is 1.76 bits per heavy atom. The highest BCUT2D eigenvalue weighted by Gasteiger charge is 2.56. The van der Waals surface area contributed by atoms with E-state index in [1.165, 1.54) is 5.32 Å². The predicted octanol–water partition coefficient (Wildman–Crippen LogP) is -3.90. The third-order valence-corrected chi connectivity index (χ3v) is 8.35. The molecule has 0 radical (unpaired) electrons. The molecule has 0 saturated heterocycles. The van der Waals surface area contributed by atoms with Crippen molar-refractivity contribution in [1.82, 2.24) is 5.32 Å². The van der Waals surface area contributed by atoms with Crippen LogP contribution in [0.1, 0.15) is 11.6 Å². The highest BCUT2D eigenvalue weighted by molar-refractivity contribution is 8.25. The monoisotopic (exact) mass is 424 g/mol. The lowest BCUT2D eigenvalue weighted by Gasteiger charge is -2.47. The summed E-state index contributed by atoms with van der Waals surface area (Å²) >= 11 is 0.298. The molecule has 25 heavy (non-hydrogen) atoms. The van der Waals surface area contributed by atoms with E-state index in [4.69, 9.17) is 20.5 Å². The third kappa shape index (κ3) is 3.82. The van der Waals surface area contributed by atoms with Gasteiger partial charge in [0.05, 0.1) is 11.8 Å². The number of rotatable bonds is 4. The summed E-state index contributed by atoms with van der Waals surface area (Å²) in [6, 6.07) is -1.37. The molecule has 0 fully saturated rings. The summed E-state index contributed by atoms with van der Waals surface area (Å²) in [5.74, 6) is -12.4. The molecule has 146 valence electrons. The Labute approximate surface area is 145 Å². The summed E-state index contributed by atoms with van der Waals surface area (Å²) in [6.07, 6.45) is 0. The van der Waals surface area contributed by atoms with Crippen LogP contribution in [-0.4, -0.2) is 76.7 Å². The summed E-state index contributed by atoms with van der Waals surface area (Å²) in [5.41, 5.74) is -0.526. The molecule has 0 bridgehead atoms. The van der Waals surface area contributed by atoms with Crippen molar-refractivity contribution in [2.75, 3.05) is 5.75 Å². The average Bonchev–Trinajstić information content (AvgIpc) is 2.77. The maximum Gasteiger partial charge on any atom is 0.348 e. The molecule has 2 rings (SSSR count). The summed E-state index contributed by atoms with van der Waals surface area (Å²) in [4.78, 5) is 0. The van der Waals surface area contributed by atoms with E-state index in [1.54, 1.807) is 0 Å². The second-order valence-corrected chi connectivity index (χ2v) is 10.6. The first-order valence-electron chi connectivity index (χ1n) is 6.15. The van der Waals surface area contributed by atoms with Crippen LogP contribution in [0.5, 0.6) is 0 Å². The molecule has 13 nitrogen and oxygen atoms in total. The number of thiophene rings is 1. The average molecular weight is 424 g/mol. The van der Waals surface area contributed by atoms with E-state index in [9.17, 15) is 37.9 Å². The quantitative estimate of drug-likeness (QED) is 0.207. The molecule has 1 aliphatic rings. The zero-order chi connectivity index (χ0) is 19.6. The van der Waals surface area contributed by atoms with Crippen LogP contribution in [-0.2, 0) is 10.0 Å². The van der Waals surface area contributed by atoms with Gasteiger partial charge in [-0.1, -0.05) is 0 Å². The maximum absolute atomic E-state index is 11.4. The van der Waals surface area contributed by atoms with Crippen LogP contribution < -0.4 is 10.5 Å². The minimum absolute atomic E-state index is 0.298. The Bertz CT molecular complexity index is 779. The Balaban J connectivity index is 2.63. The van der Waals surface area contributed by atoms with E-state index >= 15 is 0 Å². The van der Waals surface area contributed by atoms with Crippen molar-refractivity contribution in [3.8, 4) is 0 Å². The predicted molar refractivity (Wildman–Crippen MR) is 81.3 cm³/mol. The Kier molecular flexibility index (Phi) is 4.82. The van der Waals surface area contributed by atoms with Crippen molar-refractivity contribution in [3.63, 3.8) is 0 Å². The van der Waals surface area contributed by atoms with Crippen molar-refractivity contribution in [1.29, 1.82) is 0 Å². The lowest BCUT2D eigenvalue weighted by Crippen LogP contribution is -2.67. The number of aliphatic hydroxyl groups is 7. The van der Waals surface area contributed by atoms with Gasteiger partial charge in [-0.15, -0.1) is 11.3 Å². The molecule has 1 atom stereocenters. The molecule has 12 N–H and O–H groups in total. The lowest BCUT2D eigenvalue weighted by atomic mass is 10.0. The van der Waals surface area contributed by atoms with E-state index in [0.717, 1.165) is 0 Å². The molecule has 16 heteroatoms. The van der Waals surface area contributed by atoms with Crippen LogP contribution in [0, 0.1) is 0 Å². The minimum Gasteiger partial charge on any atom is -0.363 e. The van der Waals surface area contributed by atoms with Crippen LogP contribution >= 0.6 is 21.9 Å². The molecule has 1 aliphatic heterocycles. The van der Waals surface area contributed by atoms with E-state index in [-0.39, 0.29) is 0 Å². The van der Waals surface area contributed by atoms with E-state index in [1.807, 2.05) is 0 Å². The maximum atomic E-state index is 11.4. The zero-order valence-electron chi connectivity index (χ0n) is 12.0. The van der Waals surface area contributed by atoms with E-state index < -0.39 is 64.1 Å². The summed E-state index contributed by atoms with van der Waals surface area (Å²) in [6.45, 7) is 0. The molecular weight excluding hydrogens is 408 g/mol. The smallest absolute Gasteiger partial charge is 0.348 e. The second-order valence-electron chi connectivity index (χ2n) is 5.43. The van der Waals surface area contributed by atoms with Gasteiger partial charge in [-0.05, 0) is 6.07 Å². The second kappa shape index (κ2) is 5.78. The highest BCUT2D eigenvalue weighted by Crippen LogP contribution is 2.61. The number of hydrogen-bond acceptors (Lipinski definition) is 13. The van der Waals surface area contributed by atoms with Crippen LogP contribution in [0.4, 0.5) is 0 Å². The molecule has 0 aromatic carbocycles. The van der Waals surface area contributed by atoms with Crippen molar-refractivity contribution in [2.24, 2.45) is 5.14 Å². The van der Waals surface area contributed by atoms with Crippen molar-refractivity contribution >= 4 is 31.9 Å². The van der Waals surface area contributed by atoms with Gasteiger partial charge in [0.2, 0.25) is 15.8 Å². The van der Waals surface area contributed by atoms with Gasteiger partial charge in [-0.2, -0.15) is 10.6 Å². The summed E-state index contributed by atoms with van der Waals surface area (Å²) in [5, 5.41) is 72.1. The largest absolute Gasteiger partial charge is 0.363 e. The molecule has 1 unspecified atom stereocenters. The Morgan fingerprint density at radius 1 is 1.24 bits per heavy atom. The van der Waals surface area contributed by atoms with Gasteiger partial charge in [-0.3, -0.25) is 9.11 Å². The molecular formula is C9H16N2O11S3. The van der Waals surface area contributed by atoms with Gasteiger partial charge >= 0.3 is 11.9 Å². The van der Waals surface area contributed by atoms with Gasteiger partial charge in [-0.25, -0.2) is 18.9 Å². The number of primary sulfonamides is 1. The van der Waals surface area contributed by atoms with Gasteiger partial charge in [0, 0.05) is 5.56 Å². The standard InChI is InChI=1S/C9H16N2O11S3/c10-25(21,22)4-1-3-5(11-8(14,15)9(16,17)18)7(12,13)2-24(19,20)6(3)23-4/h1,5,11-20H,2H2,(H2,10,21,22). The molecule has 2 heterocycles. The third-order valence-electron chi connectivity index (χ3n) is 3.28. The SMILES string of the molecule is NS(=O)(=O)c1cc2c(s1)S(O)(O)CC(O)(O)C2NC(O)(O)C(O)(O)O. The lowest BCUT2D eigenvalue weighted by molar-refractivity contribution is -0.460. The van der Waals surface area contributed by atoms with Gasteiger partial charge in [0.25, 0.3) is 0 Å². The fourth-order valence-electron chi connectivity index (χ4n) is 2.15. The van der Waals surface area contributed by atoms with Crippen molar-refractivity contribution in [3.05, 3.63) is 11.6 Å². The first-order chi connectivity index (χ1) is 10.9. The Morgan fingerprint density at radius 3 is 2.20 bits per heavy atom. The number of hydrogen-bond donors (Lipinski definition) is 11. The fourth-order valence-corrected chi connectivity index (χ4v) is 6.40. The summed E-state index contributed by atoms with van der Waals surface area (Å²) in [7, 11) is -8.24. The number of nitrogens with one attached hydrogen (secondary N) is 1. The molecule has 0 aliphatic carbocycles. The molecule has 1 aromatic heterocycles. The molecule has 0 amide bonds. The van der Waals surface area contributed by atoms with E-state index in [2.05, 4.69) is 0 Å². The van der Waals surface area contributed by atoms with Gasteiger partial charge in [0.1, 0.15) is 8.42 Å². The number of fused-ring (bicyclic) bond motifs is 1. The van der Waals surface area contributed by atoms with Gasteiger partial charge < -0.3 is 35.7 Å². The molecule has 1 aromatic rings. The first-order valence-corrected chi connectivity index (χ1v) is 10.2. The van der Waals surface area contributed by atoms with Crippen LogP contribution in [0.25, 0.3) is 0 Å². The summed E-state index contributed by atoms with van der Waals surface area (Å²) < 4.78 is 41.8. The normalized spacial score (nSPS) is 24.6. The number of nitrogens with two attached hydrogens (primary N) is 1. The minimum atomic E-state index is -4.33. The fraction of sp³-hybridized carbons (Fsp3) is 0.556. The van der Waals surface area contributed by atoms with Gasteiger partial charge in [0.15, 0.2) is 0 Å². The first kappa shape index (κ1) is 20.9. The van der Waals surface area contributed by atoms with Crippen LogP contribution in [0.3, 0.4) is 0 Å². The highest BCUT2D eigenvalue weighted by atomic mass is 32.3. The molecule has 0 saturated carbocycles. The number of sulfonamides is 1. The van der Waals surface area contributed by atoms with Crippen LogP contribution in [0.2, 0.25) is 0 Å². The zero-order valence-corrected chi connectivity index (χ0v) is 14.5. The van der Waals surface area contributed by atoms with Crippen LogP contribution in [0.15, 0.2) is 14.5 Å². The molecule has 0 spiro atoms. The van der Waals surface area contributed by atoms with Crippen molar-refractivity contribution < 1.29 is 53.3 Å².